The van der Waals surface area contributed by atoms with Gasteiger partial charge < -0.3 is 14.5 Å². The number of rotatable bonds is 1. The molecule has 5 heteroatoms. The number of piperazine rings is 1. The van der Waals surface area contributed by atoms with Gasteiger partial charge in [-0.15, -0.1) is 0 Å². The van der Waals surface area contributed by atoms with Crippen LogP contribution in [0.25, 0.3) is 0 Å². The van der Waals surface area contributed by atoms with Gasteiger partial charge >= 0.3 is 6.09 Å². The highest BCUT2D eigenvalue weighted by Crippen LogP contribution is 2.35. The number of anilines is 1. The van der Waals surface area contributed by atoms with E-state index in [1.165, 1.54) is 6.07 Å². The van der Waals surface area contributed by atoms with E-state index in [4.69, 9.17) is 4.74 Å². The van der Waals surface area contributed by atoms with Crippen molar-refractivity contribution in [3.05, 3.63) is 30.1 Å². The largest absolute Gasteiger partial charge is 0.444 e. The smallest absolute Gasteiger partial charge is 0.410 e. The van der Waals surface area contributed by atoms with E-state index in [-0.39, 0.29) is 24.0 Å². The van der Waals surface area contributed by atoms with Gasteiger partial charge in [-0.2, -0.15) is 0 Å². The molecular formula is C16H21FN2O2. The van der Waals surface area contributed by atoms with Crippen LogP contribution in [0.15, 0.2) is 24.3 Å². The Bertz CT molecular complexity index is 555. The van der Waals surface area contributed by atoms with Gasteiger partial charge in [0.05, 0.1) is 6.04 Å². The van der Waals surface area contributed by atoms with Crippen molar-refractivity contribution in [1.29, 1.82) is 0 Å². The van der Waals surface area contributed by atoms with Crippen molar-refractivity contribution < 1.29 is 13.9 Å². The molecule has 2 heterocycles. The third kappa shape index (κ3) is 2.82. The zero-order chi connectivity index (χ0) is 15.2. The topological polar surface area (TPSA) is 32.8 Å². The normalized spacial score (nSPS) is 24.6. The molecule has 2 aliphatic heterocycles. The standard InChI is InChI=1S/C16H21FN2O2/c1-16(2,3)21-15(20)19-10-13-8-14(19)9-18(13)12-6-4-5-11(17)7-12/h4-7,13-14H,8-10H2,1-3H3. The van der Waals surface area contributed by atoms with Crippen LogP contribution in [0.3, 0.4) is 0 Å². The van der Waals surface area contributed by atoms with Crippen molar-refractivity contribution in [1.82, 2.24) is 4.90 Å². The maximum atomic E-state index is 13.3. The molecule has 0 spiro atoms. The number of ether oxygens (including phenoxy) is 1. The number of benzene rings is 1. The summed E-state index contributed by atoms with van der Waals surface area (Å²) in [5.74, 6) is -0.223. The van der Waals surface area contributed by atoms with Gasteiger partial charge in [-0.1, -0.05) is 6.07 Å². The molecule has 1 aromatic carbocycles. The first-order valence-corrected chi connectivity index (χ1v) is 7.35. The van der Waals surface area contributed by atoms with Gasteiger partial charge in [0.15, 0.2) is 0 Å². The number of hydrogen-bond donors (Lipinski definition) is 0. The predicted octanol–water partition coefficient (Wildman–Crippen LogP) is 3.02. The quantitative estimate of drug-likeness (QED) is 0.797. The molecular weight excluding hydrogens is 271 g/mol. The van der Waals surface area contributed by atoms with Gasteiger partial charge in [-0.3, -0.25) is 0 Å². The van der Waals surface area contributed by atoms with E-state index in [1.54, 1.807) is 12.1 Å². The summed E-state index contributed by atoms with van der Waals surface area (Å²) in [6.07, 6.45) is 0.685. The van der Waals surface area contributed by atoms with Crippen LogP contribution < -0.4 is 4.90 Å². The van der Waals surface area contributed by atoms with Crippen LogP contribution in [0.2, 0.25) is 0 Å². The fourth-order valence-electron chi connectivity index (χ4n) is 3.18. The van der Waals surface area contributed by atoms with E-state index in [0.717, 1.165) is 18.7 Å². The first kappa shape index (κ1) is 14.2. The zero-order valence-corrected chi connectivity index (χ0v) is 12.7. The lowest BCUT2D eigenvalue weighted by molar-refractivity contribution is 0.0214. The Labute approximate surface area is 124 Å². The average Bonchev–Trinajstić information content (AvgIpc) is 2.96. The first-order chi connectivity index (χ1) is 9.83. The molecule has 1 aromatic rings. The van der Waals surface area contributed by atoms with Crippen molar-refractivity contribution in [2.75, 3.05) is 18.0 Å². The molecule has 4 nitrogen and oxygen atoms in total. The molecule has 0 aromatic heterocycles. The highest BCUT2D eigenvalue weighted by molar-refractivity contribution is 5.70. The maximum absolute atomic E-state index is 13.3. The summed E-state index contributed by atoms with van der Waals surface area (Å²) in [4.78, 5) is 16.2. The van der Waals surface area contributed by atoms with E-state index in [0.29, 0.717) is 6.54 Å². The van der Waals surface area contributed by atoms with Crippen LogP contribution in [-0.4, -0.2) is 41.8 Å². The number of carbonyl (C=O) groups is 1. The summed E-state index contributed by atoms with van der Waals surface area (Å²) in [5.41, 5.74) is 0.424. The molecule has 0 N–H and O–H groups in total. The lowest BCUT2D eigenvalue weighted by Gasteiger charge is -2.36. The van der Waals surface area contributed by atoms with E-state index >= 15 is 0 Å². The molecule has 114 valence electrons. The van der Waals surface area contributed by atoms with E-state index in [2.05, 4.69) is 4.90 Å². The predicted molar refractivity (Wildman–Crippen MR) is 78.9 cm³/mol. The highest BCUT2D eigenvalue weighted by Gasteiger charge is 2.46. The van der Waals surface area contributed by atoms with E-state index < -0.39 is 5.60 Å². The summed E-state index contributed by atoms with van der Waals surface area (Å²) in [5, 5.41) is 0. The first-order valence-electron chi connectivity index (χ1n) is 7.35. The number of nitrogens with zero attached hydrogens (tertiary/aromatic N) is 2. The molecule has 2 atom stereocenters. The molecule has 0 radical (unpaired) electrons. The summed E-state index contributed by atoms with van der Waals surface area (Å²) in [6.45, 7) is 7.01. The van der Waals surface area contributed by atoms with Crippen LogP contribution in [0.4, 0.5) is 14.9 Å². The summed E-state index contributed by atoms with van der Waals surface area (Å²) < 4.78 is 18.8. The molecule has 0 saturated carbocycles. The van der Waals surface area contributed by atoms with Crippen molar-refractivity contribution in [3.8, 4) is 0 Å². The molecule has 2 unspecified atom stereocenters. The van der Waals surface area contributed by atoms with Crippen LogP contribution in [-0.2, 0) is 4.74 Å². The molecule has 2 bridgehead atoms. The Morgan fingerprint density at radius 2 is 2.05 bits per heavy atom. The lowest BCUT2D eigenvalue weighted by atomic mass is 10.2. The molecule has 2 saturated heterocycles. The second-order valence-electron chi connectivity index (χ2n) is 6.81. The van der Waals surface area contributed by atoms with Gasteiger partial charge in [0.1, 0.15) is 11.4 Å². The van der Waals surface area contributed by atoms with Gasteiger partial charge in [0.2, 0.25) is 0 Å². The van der Waals surface area contributed by atoms with Crippen molar-refractivity contribution >= 4 is 11.8 Å². The number of halogens is 1. The second-order valence-corrected chi connectivity index (χ2v) is 6.81. The average molecular weight is 292 g/mol. The molecule has 2 aliphatic rings. The van der Waals surface area contributed by atoms with E-state index in [1.807, 2.05) is 31.7 Å². The van der Waals surface area contributed by atoms with Crippen LogP contribution >= 0.6 is 0 Å². The minimum Gasteiger partial charge on any atom is -0.444 e. The minimum atomic E-state index is -0.471. The van der Waals surface area contributed by atoms with Gasteiger partial charge in [0, 0.05) is 24.8 Å². The summed E-state index contributed by atoms with van der Waals surface area (Å²) >= 11 is 0. The van der Waals surface area contributed by atoms with Crippen LogP contribution in [0.1, 0.15) is 27.2 Å². The van der Waals surface area contributed by atoms with Crippen LogP contribution in [0.5, 0.6) is 0 Å². The van der Waals surface area contributed by atoms with Gasteiger partial charge in [-0.05, 0) is 45.4 Å². The fraction of sp³-hybridized carbons (Fsp3) is 0.562. The number of fused-ring (bicyclic) bond motifs is 2. The van der Waals surface area contributed by atoms with Crippen molar-refractivity contribution in [2.45, 2.75) is 44.9 Å². The fourth-order valence-corrected chi connectivity index (χ4v) is 3.18. The Hall–Kier alpha value is -1.78. The minimum absolute atomic E-state index is 0.160. The third-order valence-electron chi connectivity index (χ3n) is 4.01. The third-order valence-corrected chi connectivity index (χ3v) is 4.01. The highest BCUT2D eigenvalue weighted by atomic mass is 19.1. The Kier molecular flexibility index (Phi) is 3.30. The molecule has 3 rings (SSSR count). The van der Waals surface area contributed by atoms with Crippen molar-refractivity contribution in [2.24, 2.45) is 0 Å². The van der Waals surface area contributed by atoms with Gasteiger partial charge in [-0.25, -0.2) is 9.18 Å². The van der Waals surface area contributed by atoms with Crippen LogP contribution in [0, 0.1) is 5.82 Å². The summed E-state index contributed by atoms with van der Waals surface area (Å²) in [7, 11) is 0. The summed E-state index contributed by atoms with van der Waals surface area (Å²) in [6, 6.07) is 7.06. The number of hydrogen-bond acceptors (Lipinski definition) is 3. The molecule has 2 fully saturated rings. The second kappa shape index (κ2) is 4.90. The SMILES string of the molecule is CC(C)(C)OC(=O)N1CC2CC1CN2c1cccc(F)c1. The molecule has 21 heavy (non-hydrogen) atoms. The van der Waals surface area contributed by atoms with E-state index in [9.17, 15) is 9.18 Å². The van der Waals surface area contributed by atoms with Gasteiger partial charge in [0.25, 0.3) is 0 Å². The maximum Gasteiger partial charge on any atom is 0.410 e. The Balaban J connectivity index is 1.68. The Morgan fingerprint density at radius 3 is 2.62 bits per heavy atom. The molecule has 1 amide bonds. The van der Waals surface area contributed by atoms with Crippen molar-refractivity contribution in [3.63, 3.8) is 0 Å². The zero-order valence-electron chi connectivity index (χ0n) is 12.7. The monoisotopic (exact) mass is 292 g/mol. The lowest BCUT2D eigenvalue weighted by Crippen LogP contribution is -2.50. The number of carbonyl (C=O) groups excluding carboxylic acids is 1. The Morgan fingerprint density at radius 1 is 1.29 bits per heavy atom. The number of amides is 1. The number of likely N-dealkylation sites (tertiary alicyclic amines) is 1. The molecule has 0 aliphatic carbocycles.